The minimum absolute atomic E-state index is 0.216. The zero-order chi connectivity index (χ0) is 10.7. The third-order valence-corrected chi connectivity index (χ3v) is 3.85. The van der Waals surface area contributed by atoms with Gasteiger partial charge in [-0.05, 0) is 32.2 Å². The number of carbonyl (C=O) groups excluding carboxylic acids is 1. The molecule has 2 fully saturated rings. The van der Waals surface area contributed by atoms with Crippen LogP contribution >= 0.6 is 0 Å². The van der Waals surface area contributed by atoms with Crippen LogP contribution in [-0.4, -0.2) is 36.5 Å². The molecule has 0 bridgehead atoms. The fourth-order valence-electron chi connectivity index (χ4n) is 3.11. The number of likely N-dealkylation sites (tertiary alicyclic amines) is 1. The van der Waals surface area contributed by atoms with Crippen LogP contribution in [0.4, 0.5) is 4.39 Å². The molecule has 0 aromatic carbocycles. The molecule has 2 unspecified atom stereocenters. The summed E-state index contributed by atoms with van der Waals surface area (Å²) in [5.74, 6) is 0.643. The van der Waals surface area contributed by atoms with Gasteiger partial charge in [-0.15, -0.1) is 0 Å². The van der Waals surface area contributed by atoms with Crippen LogP contribution < -0.4 is 0 Å². The molecule has 1 aliphatic carbocycles. The SMILES string of the molecule is O=C1CCCCC1C1CCCN1CCF. The van der Waals surface area contributed by atoms with Gasteiger partial charge in [0.15, 0.2) is 0 Å². The van der Waals surface area contributed by atoms with Crippen LogP contribution in [0.3, 0.4) is 0 Å². The van der Waals surface area contributed by atoms with E-state index in [1.807, 2.05) is 0 Å². The summed E-state index contributed by atoms with van der Waals surface area (Å²) in [6.45, 7) is 1.23. The van der Waals surface area contributed by atoms with E-state index in [-0.39, 0.29) is 12.6 Å². The fourth-order valence-corrected chi connectivity index (χ4v) is 3.11. The highest BCUT2D eigenvalue weighted by Gasteiger charge is 2.36. The van der Waals surface area contributed by atoms with E-state index in [0.717, 1.165) is 38.6 Å². The Bertz CT molecular complexity index is 232. The Labute approximate surface area is 90.8 Å². The van der Waals surface area contributed by atoms with Crippen molar-refractivity contribution in [3.8, 4) is 0 Å². The highest BCUT2D eigenvalue weighted by atomic mass is 19.1. The molecule has 2 nitrogen and oxygen atoms in total. The van der Waals surface area contributed by atoms with E-state index in [2.05, 4.69) is 4.90 Å². The van der Waals surface area contributed by atoms with E-state index < -0.39 is 0 Å². The van der Waals surface area contributed by atoms with Gasteiger partial charge < -0.3 is 0 Å². The molecule has 1 heterocycles. The number of ketones is 1. The molecule has 0 N–H and O–H groups in total. The molecule has 86 valence electrons. The summed E-state index contributed by atoms with van der Waals surface area (Å²) in [7, 11) is 0. The van der Waals surface area contributed by atoms with Gasteiger partial charge in [0.2, 0.25) is 0 Å². The van der Waals surface area contributed by atoms with E-state index >= 15 is 0 Å². The molecule has 1 aliphatic heterocycles. The average Bonchev–Trinajstić information content (AvgIpc) is 2.67. The highest BCUT2D eigenvalue weighted by molar-refractivity contribution is 5.82. The molecule has 15 heavy (non-hydrogen) atoms. The third kappa shape index (κ3) is 2.39. The number of carbonyl (C=O) groups is 1. The summed E-state index contributed by atoms with van der Waals surface area (Å²) in [5, 5.41) is 0. The van der Waals surface area contributed by atoms with Gasteiger partial charge in [0, 0.05) is 24.9 Å². The molecule has 0 amide bonds. The topological polar surface area (TPSA) is 20.3 Å². The van der Waals surface area contributed by atoms with Gasteiger partial charge in [0.25, 0.3) is 0 Å². The van der Waals surface area contributed by atoms with Gasteiger partial charge >= 0.3 is 0 Å². The molecule has 0 aromatic rings. The quantitative estimate of drug-likeness (QED) is 0.716. The summed E-state index contributed by atoms with van der Waals surface area (Å²) in [6, 6.07) is 0.355. The summed E-state index contributed by atoms with van der Waals surface area (Å²) in [4.78, 5) is 14.0. The summed E-state index contributed by atoms with van der Waals surface area (Å²) < 4.78 is 12.4. The van der Waals surface area contributed by atoms with E-state index in [4.69, 9.17) is 0 Å². The molecule has 2 rings (SSSR count). The second-order valence-electron chi connectivity index (χ2n) is 4.75. The third-order valence-electron chi connectivity index (χ3n) is 3.85. The fraction of sp³-hybridized carbons (Fsp3) is 0.917. The summed E-state index contributed by atoms with van der Waals surface area (Å²) in [5.41, 5.74) is 0. The van der Waals surface area contributed by atoms with Gasteiger partial charge in [-0.3, -0.25) is 9.69 Å². The Hall–Kier alpha value is -0.440. The van der Waals surface area contributed by atoms with Crippen molar-refractivity contribution in [3.05, 3.63) is 0 Å². The maximum atomic E-state index is 12.4. The maximum Gasteiger partial charge on any atom is 0.137 e. The molecule has 0 radical (unpaired) electrons. The monoisotopic (exact) mass is 213 g/mol. The Morgan fingerprint density at radius 2 is 2.13 bits per heavy atom. The van der Waals surface area contributed by atoms with Crippen molar-refractivity contribution in [2.24, 2.45) is 5.92 Å². The molecule has 3 heteroatoms. The van der Waals surface area contributed by atoms with Crippen LogP contribution in [0, 0.1) is 5.92 Å². The van der Waals surface area contributed by atoms with Gasteiger partial charge in [-0.2, -0.15) is 0 Å². The van der Waals surface area contributed by atoms with Crippen molar-refractivity contribution < 1.29 is 9.18 Å². The molecular weight excluding hydrogens is 193 g/mol. The predicted octanol–water partition coefficient (Wildman–Crippen LogP) is 2.18. The number of nitrogens with zero attached hydrogens (tertiary/aromatic N) is 1. The largest absolute Gasteiger partial charge is 0.299 e. The molecule has 2 atom stereocenters. The van der Waals surface area contributed by atoms with Crippen molar-refractivity contribution in [2.75, 3.05) is 19.8 Å². The average molecular weight is 213 g/mol. The summed E-state index contributed by atoms with van der Waals surface area (Å²) >= 11 is 0. The van der Waals surface area contributed by atoms with E-state index in [9.17, 15) is 9.18 Å². The van der Waals surface area contributed by atoms with Crippen LogP contribution in [-0.2, 0) is 4.79 Å². The number of hydrogen-bond donors (Lipinski definition) is 0. The molecule has 1 saturated carbocycles. The molecule has 0 aromatic heterocycles. The van der Waals surface area contributed by atoms with Crippen LogP contribution in [0.25, 0.3) is 0 Å². The first kappa shape index (κ1) is 11.1. The number of alkyl halides is 1. The van der Waals surface area contributed by atoms with Crippen LogP contribution in [0.15, 0.2) is 0 Å². The Morgan fingerprint density at radius 3 is 2.87 bits per heavy atom. The first-order chi connectivity index (χ1) is 7.33. The van der Waals surface area contributed by atoms with Crippen molar-refractivity contribution in [2.45, 2.75) is 44.6 Å². The molecular formula is C12H20FNO. The second kappa shape index (κ2) is 5.06. The van der Waals surface area contributed by atoms with E-state index in [1.54, 1.807) is 0 Å². The van der Waals surface area contributed by atoms with Gasteiger partial charge in [0.1, 0.15) is 12.5 Å². The van der Waals surface area contributed by atoms with Crippen molar-refractivity contribution in [1.82, 2.24) is 4.90 Å². The zero-order valence-corrected chi connectivity index (χ0v) is 9.25. The molecule has 2 aliphatic rings. The Balaban J connectivity index is 1.98. The number of hydrogen-bond acceptors (Lipinski definition) is 2. The Kier molecular flexibility index (Phi) is 3.73. The number of Topliss-reactive ketones (excluding diaryl/α,β-unsaturated/α-hetero) is 1. The normalized spacial score (nSPS) is 33.5. The first-order valence-corrected chi connectivity index (χ1v) is 6.15. The van der Waals surface area contributed by atoms with Crippen LogP contribution in [0.1, 0.15) is 38.5 Å². The van der Waals surface area contributed by atoms with Gasteiger partial charge in [-0.25, -0.2) is 4.39 Å². The Morgan fingerprint density at radius 1 is 1.27 bits per heavy atom. The van der Waals surface area contributed by atoms with Gasteiger partial charge in [0.05, 0.1) is 0 Å². The lowest BCUT2D eigenvalue weighted by molar-refractivity contribution is -0.126. The maximum absolute atomic E-state index is 12.4. The standard InChI is InChI=1S/C12H20FNO/c13-7-9-14-8-3-5-11(14)10-4-1-2-6-12(10)15/h10-11H,1-9H2. The number of rotatable bonds is 3. The van der Waals surface area contributed by atoms with Gasteiger partial charge in [-0.1, -0.05) is 6.42 Å². The predicted molar refractivity (Wildman–Crippen MR) is 57.5 cm³/mol. The van der Waals surface area contributed by atoms with Crippen LogP contribution in [0.2, 0.25) is 0 Å². The minimum Gasteiger partial charge on any atom is -0.299 e. The van der Waals surface area contributed by atoms with Crippen molar-refractivity contribution >= 4 is 5.78 Å². The van der Waals surface area contributed by atoms with Crippen LogP contribution in [0.5, 0.6) is 0 Å². The lowest BCUT2D eigenvalue weighted by Gasteiger charge is -2.32. The zero-order valence-electron chi connectivity index (χ0n) is 9.25. The minimum atomic E-state index is -0.280. The van der Waals surface area contributed by atoms with Crippen molar-refractivity contribution in [1.29, 1.82) is 0 Å². The smallest absolute Gasteiger partial charge is 0.137 e. The lowest BCUT2D eigenvalue weighted by atomic mass is 9.82. The van der Waals surface area contributed by atoms with E-state index in [1.165, 1.54) is 6.42 Å². The molecule has 0 spiro atoms. The van der Waals surface area contributed by atoms with E-state index in [0.29, 0.717) is 18.4 Å². The van der Waals surface area contributed by atoms with Crippen molar-refractivity contribution in [3.63, 3.8) is 0 Å². The number of halogens is 1. The first-order valence-electron chi connectivity index (χ1n) is 6.15. The molecule has 1 saturated heterocycles. The summed E-state index contributed by atoms with van der Waals surface area (Å²) in [6.07, 6.45) is 6.25. The highest BCUT2D eigenvalue weighted by Crippen LogP contribution is 2.31. The lowest BCUT2D eigenvalue weighted by Crippen LogP contribution is -2.41. The second-order valence-corrected chi connectivity index (χ2v) is 4.75.